The Morgan fingerprint density at radius 2 is 2.06 bits per heavy atom. The molecule has 16 heavy (non-hydrogen) atoms. The Kier molecular flexibility index (Phi) is 3.06. The van der Waals surface area contributed by atoms with Crippen molar-refractivity contribution in [1.82, 2.24) is 5.32 Å². The summed E-state index contributed by atoms with van der Waals surface area (Å²) in [4.78, 5) is 0. The molecule has 94 valence electrons. The molecule has 0 spiro atoms. The van der Waals surface area contributed by atoms with Gasteiger partial charge in [-0.15, -0.1) is 0 Å². The molecule has 0 aromatic heterocycles. The van der Waals surface area contributed by atoms with Crippen LogP contribution in [0.15, 0.2) is 0 Å². The molecule has 0 bridgehead atoms. The summed E-state index contributed by atoms with van der Waals surface area (Å²) < 4.78 is 5.45. The maximum atomic E-state index is 6.31. The van der Waals surface area contributed by atoms with Crippen LogP contribution in [-0.4, -0.2) is 31.3 Å². The van der Waals surface area contributed by atoms with E-state index in [-0.39, 0.29) is 11.0 Å². The van der Waals surface area contributed by atoms with E-state index in [0.29, 0.717) is 12.1 Å². The average molecular weight is 226 g/mol. The van der Waals surface area contributed by atoms with Gasteiger partial charge in [0.1, 0.15) is 0 Å². The average Bonchev–Trinajstić information content (AvgIpc) is 2.99. The zero-order valence-electron chi connectivity index (χ0n) is 11.0. The summed E-state index contributed by atoms with van der Waals surface area (Å²) in [5, 5.41) is 3.63. The van der Waals surface area contributed by atoms with Crippen molar-refractivity contribution < 1.29 is 4.74 Å². The van der Waals surface area contributed by atoms with Crippen LogP contribution in [-0.2, 0) is 4.74 Å². The van der Waals surface area contributed by atoms with Gasteiger partial charge >= 0.3 is 0 Å². The number of ether oxygens (including phenoxy) is 1. The van der Waals surface area contributed by atoms with Crippen LogP contribution < -0.4 is 11.1 Å². The smallest absolute Gasteiger partial charge is 0.0652 e. The number of nitrogens with one attached hydrogen (secondary N) is 1. The van der Waals surface area contributed by atoms with Crippen LogP contribution in [0.5, 0.6) is 0 Å². The largest absolute Gasteiger partial charge is 0.381 e. The molecule has 0 heterocycles. The van der Waals surface area contributed by atoms with Gasteiger partial charge in [-0.25, -0.2) is 0 Å². The third-order valence-corrected chi connectivity index (χ3v) is 4.70. The Hall–Kier alpha value is -0.120. The second-order valence-corrected chi connectivity index (χ2v) is 6.49. The highest BCUT2D eigenvalue weighted by Crippen LogP contribution is 2.43. The molecule has 2 rings (SSSR count). The van der Waals surface area contributed by atoms with Crippen molar-refractivity contribution in [2.45, 2.75) is 57.7 Å². The van der Waals surface area contributed by atoms with Crippen molar-refractivity contribution in [2.75, 3.05) is 13.7 Å². The fourth-order valence-corrected chi connectivity index (χ4v) is 2.86. The Labute approximate surface area is 99.1 Å². The Morgan fingerprint density at radius 3 is 2.50 bits per heavy atom. The lowest BCUT2D eigenvalue weighted by Gasteiger charge is -2.52. The van der Waals surface area contributed by atoms with E-state index in [2.05, 4.69) is 26.1 Å². The normalized spacial score (nSPS) is 36.6. The number of hydrogen-bond donors (Lipinski definition) is 2. The molecule has 3 atom stereocenters. The first-order valence-corrected chi connectivity index (χ1v) is 6.43. The van der Waals surface area contributed by atoms with Gasteiger partial charge in [0.15, 0.2) is 0 Å². The van der Waals surface area contributed by atoms with Crippen molar-refractivity contribution in [3.05, 3.63) is 0 Å². The summed E-state index contributed by atoms with van der Waals surface area (Å²) in [5.41, 5.74) is 6.54. The predicted octanol–water partition coefficient (Wildman–Crippen LogP) is 1.52. The van der Waals surface area contributed by atoms with E-state index in [1.165, 1.54) is 12.8 Å². The molecule has 0 saturated heterocycles. The predicted molar refractivity (Wildman–Crippen MR) is 66.3 cm³/mol. The van der Waals surface area contributed by atoms with Crippen molar-refractivity contribution >= 4 is 0 Å². The van der Waals surface area contributed by atoms with E-state index in [9.17, 15) is 0 Å². The van der Waals surface area contributed by atoms with Crippen molar-refractivity contribution in [3.63, 3.8) is 0 Å². The van der Waals surface area contributed by atoms with Gasteiger partial charge in [-0.3, -0.25) is 0 Å². The molecular weight excluding hydrogens is 200 g/mol. The van der Waals surface area contributed by atoms with Gasteiger partial charge in [-0.05, 0) is 32.1 Å². The van der Waals surface area contributed by atoms with Gasteiger partial charge in [0.05, 0.1) is 6.10 Å². The molecule has 2 aliphatic rings. The molecule has 3 unspecified atom stereocenters. The molecule has 0 aromatic rings. The van der Waals surface area contributed by atoms with E-state index >= 15 is 0 Å². The van der Waals surface area contributed by atoms with Crippen LogP contribution in [0.25, 0.3) is 0 Å². The molecule has 0 aromatic carbocycles. The SMILES string of the molecule is COC1CC(NCC(C)(N)C2CC2)C1(C)C. The van der Waals surface area contributed by atoms with Crippen LogP contribution >= 0.6 is 0 Å². The summed E-state index contributed by atoms with van der Waals surface area (Å²) >= 11 is 0. The van der Waals surface area contributed by atoms with Crippen LogP contribution in [0.1, 0.15) is 40.0 Å². The number of methoxy groups -OCH3 is 1. The summed E-state index contributed by atoms with van der Waals surface area (Å²) in [5.74, 6) is 0.737. The first-order chi connectivity index (χ1) is 7.38. The molecule has 3 heteroatoms. The van der Waals surface area contributed by atoms with Crippen LogP contribution in [0.4, 0.5) is 0 Å². The van der Waals surface area contributed by atoms with Gasteiger partial charge in [0, 0.05) is 30.7 Å². The zero-order valence-corrected chi connectivity index (χ0v) is 11.0. The van der Waals surface area contributed by atoms with Crippen LogP contribution in [0.3, 0.4) is 0 Å². The number of nitrogens with two attached hydrogens (primary N) is 1. The van der Waals surface area contributed by atoms with E-state index in [1.807, 2.05) is 0 Å². The fraction of sp³-hybridized carbons (Fsp3) is 1.00. The van der Waals surface area contributed by atoms with Crippen LogP contribution in [0.2, 0.25) is 0 Å². The minimum Gasteiger partial charge on any atom is -0.381 e. The first kappa shape index (κ1) is 12.3. The standard InChI is InChI=1S/C13H26N2O/c1-12(2)10(7-11(12)16-4)15-8-13(3,14)9-5-6-9/h9-11,15H,5-8,14H2,1-4H3. The van der Waals surface area contributed by atoms with Crippen molar-refractivity contribution in [1.29, 1.82) is 0 Å². The summed E-state index contributed by atoms with van der Waals surface area (Å²) in [6.07, 6.45) is 4.13. The van der Waals surface area contributed by atoms with E-state index in [1.54, 1.807) is 7.11 Å². The topological polar surface area (TPSA) is 47.3 Å². The second-order valence-electron chi connectivity index (χ2n) is 6.49. The molecule has 0 aliphatic heterocycles. The maximum Gasteiger partial charge on any atom is 0.0652 e. The van der Waals surface area contributed by atoms with Gasteiger partial charge < -0.3 is 15.8 Å². The zero-order chi connectivity index (χ0) is 12.0. The van der Waals surface area contributed by atoms with E-state index < -0.39 is 0 Å². The van der Waals surface area contributed by atoms with Crippen LogP contribution in [0, 0.1) is 11.3 Å². The molecule has 2 fully saturated rings. The van der Waals surface area contributed by atoms with Crippen molar-refractivity contribution in [3.8, 4) is 0 Å². The summed E-state index contributed by atoms with van der Waals surface area (Å²) in [7, 11) is 1.81. The molecule has 0 radical (unpaired) electrons. The minimum absolute atomic E-state index is 0.0196. The van der Waals surface area contributed by atoms with Gasteiger partial charge in [0.25, 0.3) is 0 Å². The monoisotopic (exact) mass is 226 g/mol. The highest BCUT2D eigenvalue weighted by Gasteiger charge is 2.49. The van der Waals surface area contributed by atoms with E-state index in [4.69, 9.17) is 10.5 Å². The number of hydrogen-bond acceptors (Lipinski definition) is 3. The summed E-state index contributed by atoms with van der Waals surface area (Å²) in [6.45, 7) is 7.65. The van der Waals surface area contributed by atoms with Gasteiger partial charge in [-0.2, -0.15) is 0 Å². The van der Waals surface area contributed by atoms with Gasteiger partial charge in [0.2, 0.25) is 0 Å². The Balaban J connectivity index is 1.79. The second kappa shape index (κ2) is 3.97. The molecule has 2 aliphatic carbocycles. The molecule has 3 N–H and O–H groups in total. The lowest BCUT2D eigenvalue weighted by atomic mass is 9.64. The minimum atomic E-state index is -0.0196. The highest BCUT2D eigenvalue weighted by molar-refractivity contribution is 5.05. The Morgan fingerprint density at radius 1 is 1.44 bits per heavy atom. The van der Waals surface area contributed by atoms with E-state index in [0.717, 1.165) is 18.9 Å². The summed E-state index contributed by atoms with van der Waals surface area (Å²) in [6, 6.07) is 0.555. The quantitative estimate of drug-likeness (QED) is 0.747. The first-order valence-electron chi connectivity index (χ1n) is 6.43. The lowest BCUT2D eigenvalue weighted by Crippen LogP contribution is -2.63. The number of rotatable bonds is 5. The lowest BCUT2D eigenvalue weighted by molar-refractivity contribution is -0.0984. The third kappa shape index (κ3) is 2.13. The fourth-order valence-electron chi connectivity index (χ4n) is 2.86. The third-order valence-electron chi connectivity index (χ3n) is 4.70. The molecule has 3 nitrogen and oxygen atoms in total. The van der Waals surface area contributed by atoms with Crippen molar-refractivity contribution in [2.24, 2.45) is 17.1 Å². The Bertz CT molecular complexity index is 259. The maximum absolute atomic E-state index is 6.31. The highest BCUT2D eigenvalue weighted by atomic mass is 16.5. The molecule has 2 saturated carbocycles. The van der Waals surface area contributed by atoms with Gasteiger partial charge in [-0.1, -0.05) is 13.8 Å². The molecular formula is C13H26N2O. The molecule has 0 amide bonds.